The zero-order valence-electron chi connectivity index (χ0n) is 9.40. The molecule has 2 amide bonds. The maximum Gasteiger partial charge on any atom is 0.290 e. The molecule has 17 heavy (non-hydrogen) atoms. The van der Waals surface area contributed by atoms with Crippen LogP contribution in [-0.2, 0) is 4.79 Å². The van der Waals surface area contributed by atoms with E-state index >= 15 is 0 Å². The Morgan fingerprint density at radius 3 is 3.00 bits per heavy atom. The molecule has 92 valence electrons. The molecular weight excluding hydrogens is 288 g/mol. The quantitative estimate of drug-likeness (QED) is 0.898. The van der Waals surface area contributed by atoms with E-state index in [0.717, 1.165) is 0 Å². The van der Waals surface area contributed by atoms with Gasteiger partial charge >= 0.3 is 0 Å². The van der Waals surface area contributed by atoms with Gasteiger partial charge in [0.2, 0.25) is 5.91 Å². The summed E-state index contributed by atoms with van der Waals surface area (Å²) in [5.41, 5.74) is 0. The van der Waals surface area contributed by atoms with Gasteiger partial charge in [-0.3, -0.25) is 9.59 Å². The molecule has 0 aromatic carbocycles. The lowest BCUT2D eigenvalue weighted by Crippen LogP contribution is -2.56. The van der Waals surface area contributed by atoms with Gasteiger partial charge in [0.1, 0.15) is 6.04 Å². The third kappa shape index (κ3) is 2.36. The van der Waals surface area contributed by atoms with Crippen LogP contribution < -0.4 is 5.32 Å². The molecule has 0 saturated carbocycles. The molecule has 2 heterocycles. The van der Waals surface area contributed by atoms with E-state index in [4.69, 9.17) is 4.42 Å². The van der Waals surface area contributed by atoms with Crippen molar-refractivity contribution in [2.75, 3.05) is 13.1 Å². The van der Waals surface area contributed by atoms with E-state index in [1.54, 1.807) is 17.0 Å². The van der Waals surface area contributed by atoms with Crippen LogP contribution >= 0.6 is 15.9 Å². The molecule has 1 N–H and O–H groups in total. The zero-order chi connectivity index (χ0) is 12.4. The number of furan rings is 1. The molecule has 5 nitrogen and oxygen atoms in total. The van der Waals surface area contributed by atoms with E-state index in [-0.39, 0.29) is 17.6 Å². The molecule has 1 saturated heterocycles. The van der Waals surface area contributed by atoms with Crippen LogP contribution in [0.4, 0.5) is 0 Å². The van der Waals surface area contributed by atoms with Gasteiger partial charge in [-0.1, -0.05) is 6.92 Å². The van der Waals surface area contributed by atoms with E-state index in [1.165, 1.54) is 0 Å². The maximum atomic E-state index is 12.2. The van der Waals surface area contributed by atoms with Crippen molar-refractivity contribution in [2.45, 2.75) is 19.4 Å². The Labute approximate surface area is 107 Å². The highest BCUT2D eigenvalue weighted by molar-refractivity contribution is 9.10. The number of rotatable bonds is 2. The van der Waals surface area contributed by atoms with Gasteiger partial charge in [-0.2, -0.15) is 0 Å². The molecule has 1 fully saturated rings. The number of halogens is 1. The SMILES string of the molecule is CC[C@@H]1C(=O)NCCN1C(=O)c1ccc(Br)o1. The van der Waals surface area contributed by atoms with E-state index in [9.17, 15) is 9.59 Å². The highest BCUT2D eigenvalue weighted by Crippen LogP contribution is 2.18. The average Bonchev–Trinajstić information content (AvgIpc) is 2.74. The molecule has 1 aromatic rings. The van der Waals surface area contributed by atoms with Crippen LogP contribution in [0.2, 0.25) is 0 Å². The standard InChI is InChI=1S/C11H13BrN2O3/c1-2-7-10(15)13-5-6-14(7)11(16)8-3-4-9(12)17-8/h3-4,7H,2,5-6H2,1H3,(H,13,15)/t7-/m1/s1. The second-order valence-electron chi connectivity index (χ2n) is 3.82. The van der Waals surface area contributed by atoms with Crippen LogP contribution in [0.1, 0.15) is 23.9 Å². The lowest BCUT2D eigenvalue weighted by Gasteiger charge is -2.33. The van der Waals surface area contributed by atoms with Crippen LogP contribution in [0.15, 0.2) is 21.2 Å². The second-order valence-corrected chi connectivity index (χ2v) is 4.60. The molecule has 6 heteroatoms. The second kappa shape index (κ2) is 4.91. The summed E-state index contributed by atoms with van der Waals surface area (Å²) in [6, 6.07) is 2.87. The van der Waals surface area contributed by atoms with E-state index in [1.807, 2.05) is 6.92 Å². The highest BCUT2D eigenvalue weighted by atomic mass is 79.9. The predicted octanol–water partition coefficient (Wildman–Crippen LogP) is 1.39. The first kappa shape index (κ1) is 12.2. The topological polar surface area (TPSA) is 62.6 Å². The Morgan fingerprint density at radius 2 is 2.41 bits per heavy atom. The summed E-state index contributed by atoms with van der Waals surface area (Å²) in [7, 11) is 0. The number of carbonyl (C=O) groups excluding carboxylic acids is 2. The van der Waals surface area contributed by atoms with Crippen molar-refractivity contribution in [3.05, 3.63) is 22.6 Å². The predicted molar refractivity (Wildman–Crippen MR) is 64.5 cm³/mol. The molecule has 1 aliphatic rings. The third-order valence-corrected chi connectivity index (χ3v) is 3.19. The lowest BCUT2D eigenvalue weighted by atomic mass is 10.1. The maximum absolute atomic E-state index is 12.2. The van der Waals surface area contributed by atoms with Crippen LogP contribution in [0.5, 0.6) is 0 Å². The number of nitrogens with one attached hydrogen (secondary N) is 1. The fourth-order valence-electron chi connectivity index (χ4n) is 1.93. The molecule has 0 aliphatic carbocycles. The molecule has 1 atom stereocenters. The zero-order valence-corrected chi connectivity index (χ0v) is 11.0. The van der Waals surface area contributed by atoms with Crippen LogP contribution in [0.3, 0.4) is 0 Å². The summed E-state index contributed by atoms with van der Waals surface area (Å²) < 4.78 is 5.73. The molecule has 0 unspecified atom stereocenters. The van der Waals surface area contributed by atoms with Crippen molar-refractivity contribution in [2.24, 2.45) is 0 Å². The van der Waals surface area contributed by atoms with Crippen molar-refractivity contribution in [1.82, 2.24) is 10.2 Å². The first-order valence-electron chi connectivity index (χ1n) is 5.47. The van der Waals surface area contributed by atoms with Crippen molar-refractivity contribution in [1.29, 1.82) is 0 Å². The largest absolute Gasteiger partial charge is 0.444 e. The van der Waals surface area contributed by atoms with Gasteiger partial charge in [0, 0.05) is 13.1 Å². The normalized spacial score (nSPS) is 20.2. The molecule has 1 aliphatic heterocycles. The van der Waals surface area contributed by atoms with E-state index < -0.39 is 6.04 Å². The van der Waals surface area contributed by atoms with Gasteiger partial charge in [-0.25, -0.2) is 0 Å². The Kier molecular flexibility index (Phi) is 3.51. The number of hydrogen-bond donors (Lipinski definition) is 1. The molecule has 2 rings (SSSR count). The fraction of sp³-hybridized carbons (Fsp3) is 0.455. The van der Waals surface area contributed by atoms with Crippen molar-refractivity contribution in [3.8, 4) is 0 Å². The summed E-state index contributed by atoms with van der Waals surface area (Å²) >= 11 is 3.15. The van der Waals surface area contributed by atoms with Gasteiger partial charge in [-0.05, 0) is 34.5 Å². The molecule has 0 radical (unpaired) electrons. The number of piperazine rings is 1. The van der Waals surface area contributed by atoms with Gasteiger partial charge < -0.3 is 14.6 Å². The molecule has 1 aromatic heterocycles. The minimum Gasteiger partial charge on any atom is -0.444 e. The van der Waals surface area contributed by atoms with Gasteiger partial charge in [0.15, 0.2) is 10.4 Å². The number of nitrogens with zero attached hydrogens (tertiary/aromatic N) is 1. The number of carbonyl (C=O) groups is 2. The molecular formula is C11H13BrN2O3. The van der Waals surface area contributed by atoms with Gasteiger partial charge in [0.25, 0.3) is 5.91 Å². The Hall–Kier alpha value is -1.30. The summed E-state index contributed by atoms with van der Waals surface area (Å²) in [6.45, 7) is 2.89. The smallest absolute Gasteiger partial charge is 0.290 e. The average molecular weight is 301 g/mol. The summed E-state index contributed by atoms with van der Waals surface area (Å²) in [5.74, 6) is -0.0832. The minimum atomic E-state index is -0.403. The first-order chi connectivity index (χ1) is 8.13. The van der Waals surface area contributed by atoms with E-state index in [2.05, 4.69) is 21.2 Å². The Balaban J connectivity index is 2.20. The summed E-state index contributed by atoms with van der Waals surface area (Å²) in [4.78, 5) is 25.4. The first-order valence-corrected chi connectivity index (χ1v) is 6.26. The third-order valence-electron chi connectivity index (χ3n) is 2.76. The summed E-state index contributed by atoms with van der Waals surface area (Å²) in [5, 5.41) is 2.75. The monoisotopic (exact) mass is 300 g/mol. The van der Waals surface area contributed by atoms with E-state index in [0.29, 0.717) is 24.2 Å². The Bertz CT molecular complexity index is 444. The number of amides is 2. The number of hydrogen-bond acceptors (Lipinski definition) is 3. The lowest BCUT2D eigenvalue weighted by molar-refractivity contribution is -0.127. The fourth-order valence-corrected chi connectivity index (χ4v) is 2.24. The Morgan fingerprint density at radius 1 is 1.65 bits per heavy atom. The summed E-state index contributed by atoms with van der Waals surface area (Å²) in [6.07, 6.45) is 0.597. The molecule has 0 bridgehead atoms. The minimum absolute atomic E-state index is 0.0993. The van der Waals surface area contributed by atoms with Crippen molar-refractivity contribution in [3.63, 3.8) is 0 Å². The van der Waals surface area contributed by atoms with Crippen molar-refractivity contribution >= 4 is 27.7 Å². The highest BCUT2D eigenvalue weighted by Gasteiger charge is 2.33. The van der Waals surface area contributed by atoms with Gasteiger partial charge in [0.05, 0.1) is 0 Å². The molecule has 0 spiro atoms. The van der Waals surface area contributed by atoms with Crippen LogP contribution in [0.25, 0.3) is 0 Å². The van der Waals surface area contributed by atoms with Gasteiger partial charge in [-0.15, -0.1) is 0 Å². The van der Waals surface area contributed by atoms with Crippen LogP contribution in [0, 0.1) is 0 Å². The van der Waals surface area contributed by atoms with Crippen molar-refractivity contribution < 1.29 is 14.0 Å². The van der Waals surface area contributed by atoms with Crippen LogP contribution in [-0.4, -0.2) is 35.8 Å².